The number of anilines is 1. The van der Waals surface area contributed by atoms with Crippen molar-refractivity contribution < 1.29 is 19.1 Å². The maximum Gasteiger partial charge on any atom is 0.243 e. The molecule has 2 aromatic rings. The highest BCUT2D eigenvalue weighted by molar-refractivity contribution is 5.94. The van der Waals surface area contributed by atoms with E-state index in [4.69, 9.17) is 9.47 Å². The number of rotatable bonds is 8. The highest BCUT2D eigenvalue weighted by atomic mass is 16.5. The molecule has 6 heteroatoms. The minimum atomic E-state index is -0.228. The van der Waals surface area contributed by atoms with Crippen LogP contribution < -0.4 is 14.8 Å². The average molecular weight is 370 g/mol. The van der Waals surface area contributed by atoms with Gasteiger partial charge in [0.25, 0.3) is 0 Å². The van der Waals surface area contributed by atoms with Gasteiger partial charge in [-0.1, -0.05) is 17.7 Å². The van der Waals surface area contributed by atoms with Gasteiger partial charge in [-0.15, -0.1) is 0 Å². The van der Waals surface area contributed by atoms with Crippen LogP contribution in [0, 0.1) is 6.92 Å². The monoisotopic (exact) mass is 370 g/mol. The number of likely N-dealkylation sites (N-methyl/N-ethyl adjacent to an activating group) is 1. The summed E-state index contributed by atoms with van der Waals surface area (Å²) in [5.41, 5.74) is 2.73. The van der Waals surface area contributed by atoms with Crippen LogP contribution in [0.25, 0.3) is 0 Å². The number of hydrogen-bond donors (Lipinski definition) is 1. The number of benzene rings is 2. The molecule has 0 aliphatic rings. The molecule has 0 saturated carbocycles. The molecule has 0 bridgehead atoms. The molecule has 0 fully saturated rings. The zero-order valence-electron chi connectivity index (χ0n) is 16.2. The summed E-state index contributed by atoms with van der Waals surface area (Å²) >= 11 is 0. The summed E-state index contributed by atoms with van der Waals surface area (Å²) in [6.45, 7) is 1.98. The number of carbonyl (C=O) groups is 2. The van der Waals surface area contributed by atoms with E-state index in [0.717, 1.165) is 11.1 Å². The molecule has 144 valence electrons. The molecular weight excluding hydrogens is 344 g/mol. The predicted octanol–water partition coefficient (Wildman–Crippen LogP) is 3.04. The van der Waals surface area contributed by atoms with Crippen molar-refractivity contribution in [1.82, 2.24) is 4.90 Å². The lowest BCUT2D eigenvalue weighted by atomic mass is 10.1. The van der Waals surface area contributed by atoms with E-state index < -0.39 is 0 Å². The summed E-state index contributed by atoms with van der Waals surface area (Å²) in [4.78, 5) is 25.9. The van der Waals surface area contributed by atoms with Crippen LogP contribution in [0.5, 0.6) is 11.5 Å². The molecule has 0 saturated heterocycles. The Morgan fingerprint density at radius 3 is 2.37 bits per heavy atom. The van der Waals surface area contributed by atoms with E-state index in [1.807, 2.05) is 49.4 Å². The number of nitrogens with zero attached hydrogens (tertiary/aromatic N) is 1. The highest BCUT2D eigenvalue weighted by Gasteiger charge is 2.15. The van der Waals surface area contributed by atoms with Gasteiger partial charge in [-0.05, 0) is 49.2 Å². The van der Waals surface area contributed by atoms with Gasteiger partial charge in [0.05, 0.1) is 20.8 Å². The number of amides is 2. The Bertz CT molecular complexity index is 787. The lowest BCUT2D eigenvalue weighted by Gasteiger charge is -2.17. The Labute approximate surface area is 160 Å². The molecule has 0 aliphatic carbocycles. The first-order chi connectivity index (χ1) is 12.9. The van der Waals surface area contributed by atoms with Crippen LogP contribution in [0.1, 0.15) is 17.5 Å². The van der Waals surface area contributed by atoms with Gasteiger partial charge >= 0.3 is 0 Å². The third-order valence-electron chi connectivity index (χ3n) is 4.24. The topological polar surface area (TPSA) is 67.9 Å². The van der Waals surface area contributed by atoms with Gasteiger partial charge in [-0.3, -0.25) is 9.59 Å². The van der Waals surface area contributed by atoms with Crippen molar-refractivity contribution in [1.29, 1.82) is 0 Å². The number of aryl methyl sites for hydroxylation is 2. The summed E-state index contributed by atoms with van der Waals surface area (Å²) in [5, 5.41) is 2.79. The van der Waals surface area contributed by atoms with Crippen LogP contribution in [0.15, 0.2) is 42.5 Å². The molecule has 27 heavy (non-hydrogen) atoms. The van der Waals surface area contributed by atoms with E-state index in [9.17, 15) is 9.59 Å². The SMILES string of the molecule is COc1ccc(OC)c(CCC(=O)N(C)CC(=O)Nc2ccc(C)cc2)c1. The summed E-state index contributed by atoms with van der Waals surface area (Å²) in [5.74, 6) is 1.08. The van der Waals surface area contributed by atoms with E-state index in [0.29, 0.717) is 23.6 Å². The van der Waals surface area contributed by atoms with Gasteiger partial charge in [0.15, 0.2) is 0 Å². The number of hydrogen-bond acceptors (Lipinski definition) is 4. The zero-order valence-corrected chi connectivity index (χ0v) is 16.2. The Morgan fingerprint density at radius 2 is 1.74 bits per heavy atom. The van der Waals surface area contributed by atoms with Crippen LogP contribution in [-0.4, -0.2) is 44.5 Å². The first kappa shape index (κ1) is 20.3. The van der Waals surface area contributed by atoms with Crippen molar-refractivity contribution in [2.45, 2.75) is 19.8 Å². The van der Waals surface area contributed by atoms with Gasteiger partial charge in [-0.2, -0.15) is 0 Å². The summed E-state index contributed by atoms with van der Waals surface area (Å²) < 4.78 is 10.6. The van der Waals surface area contributed by atoms with Crippen molar-refractivity contribution in [2.75, 3.05) is 33.1 Å². The van der Waals surface area contributed by atoms with Crippen LogP contribution in [0.2, 0.25) is 0 Å². The molecule has 0 spiro atoms. The highest BCUT2D eigenvalue weighted by Crippen LogP contribution is 2.25. The lowest BCUT2D eigenvalue weighted by molar-refractivity contribution is -0.133. The molecule has 0 aliphatic heterocycles. The molecule has 0 atom stereocenters. The van der Waals surface area contributed by atoms with Crippen LogP contribution in [-0.2, 0) is 16.0 Å². The Morgan fingerprint density at radius 1 is 1.04 bits per heavy atom. The minimum Gasteiger partial charge on any atom is -0.497 e. The number of carbonyl (C=O) groups excluding carboxylic acids is 2. The number of nitrogens with one attached hydrogen (secondary N) is 1. The molecule has 6 nitrogen and oxygen atoms in total. The molecule has 0 aromatic heterocycles. The van der Waals surface area contributed by atoms with E-state index in [1.54, 1.807) is 21.3 Å². The fourth-order valence-corrected chi connectivity index (χ4v) is 2.65. The van der Waals surface area contributed by atoms with Crippen molar-refractivity contribution in [3.05, 3.63) is 53.6 Å². The first-order valence-electron chi connectivity index (χ1n) is 8.74. The molecule has 0 radical (unpaired) electrons. The first-order valence-corrected chi connectivity index (χ1v) is 8.74. The second kappa shape index (κ2) is 9.62. The van der Waals surface area contributed by atoms with Gasteiger partial charge in [0.2, 0.25) is 11.8 Å². The second-order valence-electron chi connectivity index (χ2n) is 6.34. The van der Waals surface area contributed by atoms with E-state index >= 15 is 0 Å². The van der Waals surface area contributed by atoms with Crippen LogP contribution >= 0.6 is 0 Å². The number of methoxy groups -OCH3 is 2. The standard InChI is InChI=1S/C21H26N2O4/c1-15-5-8-17(9-6-15)22-20(24)14-23(2)21(25)12-7-16-13-18(26-3)10-11-19(16)27-4/h5-6,8-11,13H,7,12,14H2,1-4H3,(H,22,24). The van der Waals surface area contributed by atoms with Gasteiger partial charge in [0.1, 0.15) is 11.5 Å². The third kappa shape index (κ3) is 6.02. The van der Waals surface area contributed by atoms with Gasteiger partial charge in [-0.25, -0.2) is 0 Å². The molecular formula is C21H26N2O4. The van der Waals surface area contributed by atoms with Crippen molar-refractivity contribution in [2.24, 2.45) is 0 Å². The number of ether oxygens (including phenoxy) is 2. The largest absolute Gasteiger partial charge is 0.497 e. The third-order valence-corrected chi connectivity index (χ3v) is 4.24. The van der Waals surface area contributed by atoms with Gasteiger partial charge in [0, 0.05) is 19.2 Å². The zero-order chi connectivity index (χ0) is 19.8. The van der Waals surface area contributed by atoms with E-state index in [2.05, 4.69) is 5.32 Å². The predicted molar refractivity (Wildman–Crippen MR) is 105 cm³/mol. The van der Waals surface area contributed by atoms with Crippen molar-refractivity contribution >= 4 is 17.5 Å². The van der Waals surface area contributed by atoms with Gasteiger partial charge < -0.3 is 19.7 Å². The maximum absolute atomic E-state index is 12.4. The second-order valence-corrected chi connectivity index (χ2v) is 6.34. The van der Waals surface area contributed by atoms with Crippen molar-refractivity contribution in [3.8, 4) is 11.5 Å². The fourth-order valence-electron chi connectivity index (χ4n) is 2.65. The Kier molecular flexibility index (Phi) is 7.23. The molecule has 2 aromatic carbocycles. The van der Waals surface area contributed by atoms with Crippen LogP contribution in [0.4, 0.5) is 5.69 Å². The Balaban J connectivity index is 1.88. The molecule has 2 amide bonds. The quantitative estimate of drug-likeness (QED) is 0.776. The summed E-state index contributed by atoms with van der Waals surface area (Å²) in [7, 11) is 4.81. The van der Waals surface area contributed by atoms with E-state index in [1.165, 1.54) is 4.90 Å². The Hall–Kier alpha value is -3.02. The average Bonchev–Trinajstić information content (AvgIpc) is 2.67. The fraction of sp³-hybridized carbons (Fsp3) is 0.333. The molecule has 2 rings (SSSR count). The van der Waals surface area contributed by atoms with Crippen LogP contribution in [0.3, 0.4) is 0 Å². The molecule has 0 unspecified atom stereocenters. The molecule has 0 heterocycles. The summed E-state index contributed by atoms with van der Waals surface area (Å²) in [6, 6.07) is 13.0. The minimum absolute atomic E-state index is 0.00194. The van der Waals surface area contributed by atoms with E-state index in [-0.39, 0.29) is 24.8 Å². The summed E-state index contributed by atoms with van der Waals surface area (Å²) in [6.07, 6.45) is 0.779. The molecule has 1 N–H and O–H groups in total. The van der Waals surface area contributed by atoms with Crippen molar-refractivity contribution in [3.63, 3.8) is 0 Å². The normalized spacial score (nSPS) is 10.2. The lowest BCUT2D eigenvalue weighted by Crippen LogP contribution is -2.35. The maximum atomic E-state index is 12.4. The smallest absolute Gasteiger partial charge is 0.243 e.